The minimum atomic E-state index is -0.580. The van der Waals surface area contributed by atoms with E-state index >= 15 is 0 Å². The molecular formula is C22H18ClN3O3S. The summed E-state index contributed by atoms with van der Waals surface area (Å²) in [6.07, 6.45) is 0. The number of carbonyl (C=O) groups is 1. The number of nitrogens with two attached hydrogens (primary N) is 1. The Morgan fingerprint density at radius 1 is 1.20 bits per heavy atom. The number of benzene rings is 2. The second-order valence-corrected chi connectivity index (χ2v) is 8.51. The van der Waals surface area contributed by atoms with E-state index in [2.05, 4.69) is 9.97 Å². The quantitative estimate of drug-likeness (QED) is 0.349. The van der Waals surface area contributed by atoms with Crippen LogP contribution in [0.2, 0.25) is 5.02 Å². The summed E-state index contributed by atoms with van der Waals surface area (Å²) in [4.78, 5) is 33.9. The number of thiophene rings is 1. The molecule has 0 atom stereocenters. The summed E-state index contributed by atoms with van der Waals surface area (Å²) < 4.78 is 5.28. The van der Waals surface area contributed by atoms with Gasteiger partial charge in [-0.2, -0.15) is 0 Å². The lowest BCUT2D eigenvalue weighted by atomic mass is 10.0. The van der Waals surface area contributed by atoms with E-state index in [1.807, 2.05) is 38.1 Å². The Morgan fingerprint density at radius 3 is 2.63 bits per heavy atom. The maximum absolute atomic E-state index is 12.8. The number of halogens is 1. The van der Waals surface area contributed by atoms with Crippen molar-refractivity contribution in [3.8, 4) is 11.1 Å². The number of rotatable bonds is 4. The fourth-order valence-electron chi connectivity index (χ4n) is 3.19. The summed E-state index contributed by atoms with van der Waals surface area (Å²) >= 11 is 7.31. The molecule has 4 aromatic rings. The van der Waals surface area contributed by atoms with Crippen molar-refractivity contribution in [2.45, 2.75) is 20.5 Å². The molecule has 152 valence electrons. The number of fused-ring (bicyclic) bond motifs is 1. The first-order valence-electron chi connectivity index (χ1n) is 9.15. The van der Waals surface area contributed by atoms with Crippen LogP contribution in [-0.2, 0) is 11.3 Å². The zero-order chi connectivity index (χ0) is 21.4. The number of anilines is 1. The van der Waals surface area contributed by atoms with Crippen molar-refractivity contribution >= 4 is 44.8 Å². The van der Waals surface area contributed by atoms with Crippen LogP contribution < -0.4 is 11.3 Å². The summed E-state index contributed by atoms with van der Waals surface area (Å²) in [6.45, 7) is 3.82. The third kappa shape index (κ3) is 3.81. The highest BCUT2D eigenvalue weighted by atomic mass is 35.5. The monoisotopic (exact) mass is 439 g/mol. The van der Waals surface area contributed by atoms with E-state index in [1.165, 1.54) is 29.5 Å². The van der Waals surface area contributed by atoms with Crippen LogP contribution in [0.25, 0.3) is 21.3 Å². The van der Waals surface area contributed by atoms with Crippen LogP contribution in [-0.4, -0.2) is 15.9 Å². The van der Waals surface area contributed by atoms with Crippen molar-refractivity contribution in [2.75, 3.05) is 5.73 Å². The fraction of sp³-hybridized carbons (Fsp3) is 0.136. The van der Waals surface area contributed by atoms with Crippen molar-refractivity contribution in [3.63, 3.8) is 0 Å². The number of aromatic amines is 1. The van der Waals surface area contributed by atoms with Gasteiger partial charge >= 0.3 is 5.97 Å². The highest BCUT2D eigenvalue weighted by Gasteiger charge is 2.17. The van der Waals surface area contributed by atoms with Crippen LogP contribution in [0.3, 0.4) is 0 Å². The SMILES string of the molecule is Cc1ccc(-c2c(C)sc3nc(COC(=O)c4ccc(Cl)c(N)c4)[nH]c(=O)c23)cc1. The molecule has 0 radical (unpaired) electrons. The minimum absolute atomic E-state index is 0.163. The normalized spacial score (nSPS) is 11.0. The Kier molecular flexibility index (Phi) is 5.32. The molecule has 2 aromatic heterocycles. The second kappa shape index (κ2) is 7.93. The van der Waals surface area contributed by atoms with E-state index in [9.17, 15) is 9.59 Å². The van der Waals surface area contributed by atoms with Gasteiger partial charge in [0.15, 0.2) is 0 Å². The average Bonchev–Trinajstić information content (AvgIpc) is 3.05. The molecule has 0 saturated carbocycles. The molecule has 0 fully saturated rings. The lowest BCUT2D eigenvalue weighted by Gasteiger charge is -2.06. The highest BCUT2D eigenvalue weighted by Crippen LogP contribution is 2.35. The summed E-state index contributed by atoms with van der Waals surface area (Å²) in [6, 6.07) is 12.5. The fourth-order valence-corrected chi connectivity index (χ4v) is 4.37. The number of carbonyl (C=O) groups excluding carboxylic acids is 1. The van der Waals surface area contributed by atoms with Gasteiger partial charge in [0.25, 0.3) is 5.56 Å². The standard InChI is InChI=1S/C22H18ClN3O3S/c1-11-3-5-13(6-4-11)18-12(2)30-21-19(18)20(27)25-17(26-21)10-29-22(28)14-7-8-15(23)16(24)9-14/h3-9H,10,24H2,1-2H3,(H,25,26,27). The molecule has 0 unspecified atom stereocenters. The van der Waals surface area contributed by atoms with Gasteiger partial charge in [0.05, 0.1) is 21.7 Å². The summed E-state index contributed by atoms with van der Waals surface area (Å²) in [5, 5.41) is 0.905. The molecule has 0 aliphatic carbocycles. The van der Waals surface area contributed by atoms with Gasteiger partial charge in [-0.05, 0) is 37.6 Å². The maximum Gasteiger partial charge on any atom is 0.338 e. The van der Waals surface area contributed by atoms with Gasteiger partial charge in [-0.25, -0.2) is 9.78 Å². The van der Waals surface area contributed by atoms with Crippen LogP contribution in [0.1, 0.15) is 26.6 Å². The molecule has 2 aromatic carbocycles. The Bertz CT molecular complexity index is 1330. The molecular weight excluding hydrogens is 422 g/mol. The number of nitrogen functional groups attached to an aromatic ring is 1. The first-order valence-corrected chi connectivity index (χ1v) is 10.3. The molecule has 3 N–H and O–H groups in total. The zero-order valence-electron chi connectivity index (χ0n) is 16.3. The third-order valence-electron chi connectivity index (χ3n) is 4.70. The van der Waals surface area contributed by atoms with Gasteiger partial charge < -0.3 is 15.5 Å². The van der Waals surface area contributed by atoms with Crippen LogP contribution >= 0.6 is 22.9 Å². The van der Waals surface area contributed by atoms with Crippen LogP contribution in [0.5, 0.6) is 0 Å². The van der Waals surface area contributed by atoms with E-state index in [1.54, 1.807) is 0 Å². The van der Waals surface area contributed by atoms with Crippen molar-refractivity contribution in [2.24, 2.45) is 0 Å². The number of ether oxygens (including phenoxy) is 1. The predicted molar refractivity (Wildman–Crippen MR) is 120 cm³/mol. The Labute approximate surface area is 181 Å². The Balaban J connectivity index is 1.62. The van der Waals surface area contributed by atoms with Crippen molar-refractivity contribution in [3.05, 3.63) is 79.7 Å². The largest absolute Gasteiger partial charge is 0.454 e. The lowest BCUT2D eigenvalue weighted by molar-refractivity contribution is 0.0462. The third-order valence-corrected chi connectivity index (χ3v) is 6.04. The number of esters is 1. The number of aromatic nitrogens is 2. The molecule has 30 heavy (non-hydrogen) atoms. The van der Waals surface area contributed by atoms with E-state index in [-0.39, 0.29) is 29.2 Å². The van der Waals surface area contributed by atoms with Crippen molar-refractivity contribution in [1.82, 2.24) is 9.97 Å². The van der Waals surface area contributed by atoms with Crippen LogP contribution in [0, 0.1) is 13.8 Å². The summed E-state index contributed by atoms with van der Waals surface area (Å²) in [7, 11) is 0. The number of nitrogens with one attached hydrogen (secondary N) is 1. The highest BCUT2D eigenvalue weighted by molar-refractivity contribution is 7.19. The topological polar surface area (TPSA) is 98.1 Å². The van der Waals surface area contributed by atoms with Crippen LogP contribution in [0.4, 0.5) is 5.69 Å². The maximum atomic E-state index is 12.8. The molecule has 6 nitrogen and oxygen atoms in total. The predicted octanol–water partition coefficient (Wildman–Crippen LogP) is 4.86. The number of aryl methyl sites for hydroxylation is 2. The van der Waals surface area contributed by atoms with Gasteiger partial charge in [0.1, 0.15) is 17.3 Å². The van der Waals surface area contributed by atoms with E-state index in [0.29, 0.717) is 15.2 Å². The molecule has 0 saturated heterocycles. The Hall–Kier alpha value is -3.16. The Morgan fingerprint density at radius 2 is 1.93 bits per heavy atom. The van der Waals surface area contributed by atoms with Gasteiger partial charge in [0, 0.05) is 10.4 Å². The van der Waals surface area contributed by atoms with Gasteiger partial charge in [-0.15, -0.1) is 11.3 Å². The van der Waals surface area contributed by atoms with E-state index < -0.39 is 5.97 Å². The molecule has 0 bridgehead atoms. The molecule has 0 amide bonds. The molecule has 2 heterocycles. The second-order valence-electron chi connectivity index (χ2n) is 6.90. The number of hydrogen-bond acceptors (Lipinski definition) is 6. The number of H-pyrrole nitrogens is 1. The van der Waals surface area contributed by atoms with Crippen molar-refractivity contribution < 1.29 is 9.53 Å². The van der Waals surface area contributed by atoms with E-state index in [4.69, 9.17) is 22.1 Å². The average molecular weight is 440 g/mol. The van der Waals surface area contributed by atoms with E-state index in [0.717, 1.165) is 21.6 Å². The molecule has 4 rings (SSSR count). The number of hydrogen-bond donors (Lipinski definition) is 2. The van der Waals surface area contributed by atoms with Gasteiger partial charge in [-0.1, -0.05) is 41.4 Å². The first-order chi connectivity index (χ1) is 14.3. The van der Waals surface area contributed by atoms with Crippen molar-refractivity contribution in [1.29, 1.82) is 0 Å². The smallest absolute Gasteiger partial charge is 0.338 e. The van der Waals surface area contributed by atoms with Crippen LogP contribution in [0.15, 0.2) is 47.3 Å². The molecule has 8 heteroatoms. The van der Waals surface area contributed by atoms with Gasteiger partial charge in [0.2, 0.25) is 0 Å². The van der Waals surface area contributed by atoms with Gasteiger partial charge in [-0.3, -0.25) is 4.79 Å². The number of nitrogens with zero attached hydrogens (tertiary/aromatic N) is 1. The summed E-state index contributed by atoms with van der Waals surface area (Å²) in [5.74, 6) is -0.302. The minimum Gasteiger partial charge on any atom is -0.454 e. The lowest BCUT2D eigenvalue weighted by Crippen LogP contribution is -2.14. The molecule has 0 aliphatic rings. The molecule has 0 aliphatic heterocycles. The molecule has 0 spiro atoms. The zero-order valence-corrected chi connectivity index (χ0v) is 17.9. The first kappa shape index (κ1) is 20.1. The summed E-state index contributed by atoms with van der Waals surface area (Å²) in [5.41, 5.74) is 9.02.